The molecule has 82 valence electrons. The maximum absolute atomic E-state index is 11.2. The van der Waals surface area contributed by atoms with Gasteiger partial charge in [0, 0.05) is 0 Å². The molecule has 0 aromatic rings. The van der Waals surface area contributed by atoms with Crippen LogP contribution in [0.15, 0.2) is 0 Å². The molecule has 0 radical (unpaired) electrons. The molecule has 1 atom stereocenters. The molecule has 0 fully saturated rings. The first-order chi connectivity index (χ1) is 6.51. The number of aliphatic hydroxyl groups excluding tert-OH is 1. The molecule has 14 heavy (non-hydrogen) atoms. The van der Waals surface area contributed by atoms with Gasteiger partial charge < -0.3 is 15.2 Å². The van der Waals surface area contributed by atoms with Crippen LogP contribution >= 0.6 is 11.6 Å². The monoisotopic (exact) mass is 223 g/mol. The van der Waals surface area contributed by atoms with Gasteiger partial charge in [-0.3, -0.25) is 4.79 Å². The van der Waals surface area contributed by atoms with Crippen LogP contribution < -0.4 is 5.32 Å². The van der Waals surface area contributed by atoms with Gasteiger partial charge >= 0.3 is 5.97 Å². The number of halogens is 1. The molecule has 0 rings (SSSR count). The summed E-state index contributed by atoms with van der Waals surface area (Å²) in [7, 11) is 0. The number of hydrogen-bond donors (Lipinski definition) is 2. The maximum Gasteiger partial charge on any atom is 0.331 e. The third-order valence-corrected chi connectivity index (χ3v) is 1.52. The molecule has 0 aromatic heterocycles. The number of hydrogen-bond acceptors (Lipinski definition) is 4. The highest BCUT2D eigenvalue weighted by Gasteiger charge is 2.21. The van der Waals surface area contributed by atoms with Crippen LogP contribution in [-0.4, -0.2) is 41.6 Å². The van der Waals surface area contributed by atoms with E-state index in [-0.39, 0.29) is 12.0 Å². The van der Waals surface area contributed by atoms with E-state index in [2.05, 4.69) is 5.32 Å². The van der Waals surface area contributed by atoms with E-state index in [1.54, 1.807) is 13.8 Å². The van der Waals surface area contributed by atoms with Crippen molar-refractivity contribution < 1.29 is 19.4 Å². The Hall–Kier alpha value is -0.810. The van der Waals surface area contributed by atoms with Crippen molar-refractivity contribution in [2.24, 2.45) is 0 Å². The number of aliphatic hydroxyl groups is 1. The van der Waals surface area contributed by atoms with Gasteiger partial charge in [0.1, 0.15) is 5.88 Å². The Kier molecular flexibility index (Phi) is 6.23. The van der Waals surface area contributed by atoms with E-state index < -0.39 is 24.5 Å². The van der Waals surface area contributed by atoms with Crippen molar-refractivity contribution in [2.45, 2.75) is 26.0 Å². The first-order valence-corrected chi connectivity index (χ1v) is 4.71. The summed E-state index contributed by atoms with van der Waals surface area (Å²) in [5.74, 6) is -1.45. The Morgan fingerprint density at radius 1 is 1.50 bits per heavy atom. The van der Waals surface area contributed by atoms with Crippen LogP contribution in [-0.2, 0) is 14.3 Å². The van der Waals surface area contributed by atoms with E-state index in [1.807, 2.05) is 0 Å². The highest BCUT2D eigenvalue weighted by atomic mass is 35.5. The maximum atomic E-state index is 11.2. The van der Waals surface area contributed by atoms with Crippen LogP contribution in [0.1, 0.15) is 13.8 Å². The molecule has 0 heterocycles. The van der Waals surface area contributed by atoms with Gasteiger partial charge in [0.25, 0.3) is 0 Å². The number of amides is 1. The average Bonchev–Trinajstić information content (AvgIpc) is 2.12. The number of alkyl halides is 1. The van der Waals surface area contributed by atoms with Gasteiger partial charge in [-0.05, 0) is 13.8 Å². The fourth-order valence-corrected chi connectivity index (χ4v) is 0.804. The zero-order valence-electron chi connectivity index (χ0n) is 8.12. The molecule has 0 spiro atoms. The van der Waals surface area contributed by atoms with Gasteiger partial charge in [0.15, 0.2) is 6.04 Å². The lowest BCUT2D eigenvalue weighted by atomic mass is 10.3. The normalized spacial score (nSPS) is 12.4. The molecule has 0 aliphatic heterocycles. The predicted octanol–water partition coefficient (Wildman–Crippen LogP) is -0.346. The Bertz CT molecular complexity index is 208. The minimum absolute atomic E-state index is 0.258. The number of carbonyl (C=O) groups is 2. The van der Waals surface area contributed by atoms with Crippen molar-refractivity contribution in [3.05, 3.63) is 0 Å². The summed E-state index contributed by atoms with van der Waals surface area (Å²) < 4.78 is 4.79. The summed E-state index contributed by atoms with van der Waals surface area (Å²) in [6.07, 6.45) is -0.288. The second-order valence-corrected chi connectivity index (χ2v) is 3.19. The van der Waals surface area contributed by atoms with Gasteiger partial charge in [-0.1, -0.05) is 0 Å². The van der Waals surface area contributed by atoms with Gasteiger partial charge in [-0.15, -0.1) is 11.6 Å². The van der Waals surface area contributed by atoms with E-state index in [0.717, 1.165) is 0 Å². The predicted molar refractivity (Wildman–Crippen MR) is 51.0 cm³/mol. The summed E-state index contributed by atoms with van der Waals surface area (Å²) >= 11 is 5.22. The molecule has 0 aliphatic carbocycles. The molecule has 0 saturated carbocycles. The molecular formula is C8H14ClNO4. The zero-order chi connectivity index (χ0) is 11.1. The molecular weight excluding hydrogens is 210 g/mol. The molecule has 0 bridgehead atoms. The third kappa shape index (κ3) is 5.04. The Labute approximate surface area is 87.4 Å². The van der Waals surface area contributed by atoms with Crippen molar-refractivity contribution in [3.63, 3.8) is 0 Å². The topological polar surface area (TPSA) is 75.6 Å². The van der Waals surface area contributed by atoms with E-state index in [1.165, 1.54) is 0 Å². The highest BCUT2D eigenvalue weighted by Crippen LogP contribution is 1.94. The number of carbonyl (C=O) groups excluding carboxylic acids is 2. The fraction of sp³-hybridized carbons (Fsp3) is 0.750. The number of esters is 1. The lowest BCUT2D eigenvalue weighted by Crippen LogP contribution is -2.45. The molecule has 1 amide bonds. The van der Waals surface area contributed by atoms with E-state index in [4.69, 9.17) is 21.4 Å². The Balaban J connectivity index is 4.12. The summed E-state index contributed by atoms with van der Waals surface area (Å²) in [6.45, 7) is 2.85. The molecule has 0 aliphatic rings. The van der Waals surface area contributed by atoms with Crippen molar-refractivity contribution in [1.29, 1.82) is 0 Å². The highest BCUT2D eigenvalue weighted by molar-refractivity contribution is 6.27. The lowest BCUT2D eigenvalue weighted by Gasteiger charge is -2.16. The molecule has 0 saturated heterocycles. The van der Waals surface area contributed by atoms with Crippen LogP contribution in [0.5, 0.6) is 0 Å². The Morgan fingerprint density at radius 2 is 2.07 bits per heavy atom. The van der Waals surface area contributed by atoms with Gasteiger partial charge in [0.2, 0.25) is 5.91 Å². The second kappa shape index (κ2) is 6.62. The van der Waals surface area contributed by atoms with Crippen LogP contribution in [0.4, 0.5) is 0 Å². The third-order valence-electron chi connectivity index (χ3n) is 1.28. The first-order valence-electron chi connectivity index (χ1n) is 4.18. The largest absolute Gasteiger partial charge is 0.461 e. The fourth-order valence-electron chi connectivity index (χ4n) is 0.726. The quantitative estimate of drug-likeness (QED) is 0.494. The number of rotatable bonds is 5. The SMILES string of the molecule is CC(C)OC(=O)[C@H](CO)NC(=O)CCl. The van der Waals surface area contributed by atoms with Crippen molar-refractivity contribution in [3.8, 4) is 0 Å². The number of ether oxygens (including phenoxy) is 1. The molecule has 0 unspecified atom stereocenters. The van der Waals surface area contributed by atoms with E-state index >= 15 is 0 Å². The summed E-state index contributed by atoms with van der Waals surface area (Å²) in [5, 5.41) is 11.0. The second-order valence-electron chi connectivity index (χ2n) is 2.92. The lowest BCUT2D eigenvalue weighted by molar-refractivity contribution is -0.152. The van der Waals surface area contributed by atoms with Crippen molar-refractivity contribution >= 4 is 23.5 Å². The standard InChI is InChI=1S/C8H14ClNO4/c1-5(2)14-8(13)6(4-11)10-7(12)3-9/h5-6,11H,3-4H2,1-2H3,(H,10,12)/t6-/m0/s1. The summed E-state index contributed by atoms with van der Waals surface area (Å²) in [5.41, 5.74) is 0. The van der Waals surface area contributed by atoms with Crippen LogP contribution in [0.2, 0.25) is 0 Å². The van der Waals surface area contributed by atoms with Crippen LogP contribution in [0.3, 0.4) is 0 Å². The van der Waals surface area contributed by atoms with Gasteiger partial charge in [0.05, 0.1) is 12.7 Å². The minimum atomic E-state index is -1.04. The summed E-state index contributed by atoms with van der Waals surface area (Å²) in [4.78, 5) is 22.0. The molecule has 2 N–H and O–H groups in total. The van der Waals surface area contributed by atoms with E-state index in [0.29, 0.717) is 0 Å². The number of nitrogens with one attached hydrogen (secondary N) is 1. The zero-order valence-corrected chi connectivity index (χ0v) is 8.87. The summed E-state index contributed by atoms with van der Waals surface area (Å²) in [6, 6.07) is -1.04. The van der Waals surface area contributed by atoms with Gasteiger partial charge in [-0.25, -0.2) is 4.79 Å². The Morgan fingerprint density at radius 3 is 2.43 bits per heavy atom. The van der Waals surface area contributed by atoms with Gasteiger partial charge in [-0.2, -0.15) is 0 Å². The molecule has 0 aromatic carbocycles. The van der Waals surface area contributed by atoms with Crippen LogP contribution in [0.25, 0.3) is 0 Å². The minimum Gasteiger partial charge on any atom is -0.461 e. The van der Waals surface area contributed by atoms with Crippen molar-refractivity contribution in [1.82, 2.24) is 5.32 Å². The molecule has 5 nitrogen and oxygen atoms in total. The molecule has 6 heteroatoms. The first kappa shape index (κ1) is 13.2. The van der Waals surface area contributed by atoms with E-state index in [9.17, 15) is 9.59 Å². The average molecular weight is 224 g/mol. The van der Waals surface area contributed by atoms with Crippen LogP contribution in [0, 0.1) is 0 Å². The smallest absolute Gasteiger partial charge is 0.331 e. The van der Waals surface area contributed by atoms with Crippen molar-refractivity contribution in [2.75, 3.05) is 12.5 Å².